The van der Waals surface area contributed by atoms with Crippen LogP contribution in [0.4, 0.5) is 11.4 Å². The Kier molecular flexibility index (Phi) is 4.91. The molecule has 0 saturated carbocycles. The molecular weight excluding hydrogens is 304 g/mol. The van der Waals surface area contributed by atoms with Crippen molar-refractivity contribution in [3.63, 3.8) is 0 Å². The molecule has 22 heavy (non-hydrogen) atoms. The van der Waals surface area contributed by atoms with Crippen LogP contribution in [-0.4, -0.2) is 17.6 Å². The normalized spacial score (nSPS) is 9.91. The van der Waals surface area contributed by atoms with Gasteiger partial charge in [0.05, 0.1) is 10.7 Å². The summed E-state index contributed by atoms with van der Waals surface area (Å²) in [7, 11) is 0. The lowest BCUT2D eigenvalue weighted by molar-refractivity contribution is -0.132. The fraction of sp³-hybridized carbons (Fsp3) is 0.0625. The highest BCUT2D eigenvalue weighted by molar-refractivity contribution is 6.44. The maximum Gasteiger partial charge on any atom is 0.314 e. The fourth-order valence-electron chi connectivity index (χ4n) is 1.75. The summed E-state index contributed by atoms with van der Waals surface area (Å²) in [6, 6.07) is 12.9. The summed E-state index contributed by atoms with van der Waals surface area (Å²) in [5.74, 6) is -1.82. The quantitative estimate of drug-likeness (QED) is 0.675. The second kappa shape index (κ2) is 6.87. The van der Waals surface area contributed by atoms with Crippen LogP contribution in [0.2, 0.25) is 5.02 Å². The number of carbonyl (C=O) groups is 3. The van der Waals surface area contributed by atoms with E-state index in [4.69, 9.17) is 11.6 Å². The highest BCUT2D eigenvalue weighted by atomic mass is 35.5. The van der Waals surface area contributed by atoms with E-state index >= 15 is 0 Å². The van der Waals surface area contributed by atoms with Gasteiger partial charge in [-0.3, -0.25) is 14.4 Å². The molecule has 0 saturated heterocycles. The molecule has 0 radical (unpaired) electrons. The van der Waals surface area contributed by atoms with Gasteiger partial charge in [-0.25, -0.2) is 0 Å². The van der Waals surface area contributed by atoms with Crippen molar-refractivity contribution in [2.75, 3.05) is 10.6 Å². The Bertz CT molecular complexity index is 744. The average molecular weight is 317 g/mol. The maximum absolute atomic E-state index is 11.9. The lowest BCUT2D eigenvalue weighted by Gasteiger charge is -2.08. The SMILES string of the molecule is CC(=O)c1cccc(NC(=O)C(=O)Nc2ccccc2Cl)c1. The van der Waals surface area contributed by atoms with Crippen molar-refractivity contribution in [2.24, 2.45) is 0 Å². The molecule has 0 bridgehead atoms. The molecule has 2 aromatic carbocycles. The lowest BCUT2D eigenvalue weighted by Crippen LogP contribution is -2.29. The zero-order valence-electron chi connectivity index (χ0n) is 11.7. The monoisotopic (exact) mass is 316 g/mol. The molecule has 0 aliphatic carbocycles. The van der Waals surface area contributed by atoms with Crippen LogP contribution in [0.3, 0.4) is 0 Å². The molecular formula is C16H13ClN2O3. The number of halogens is 1. The molecule has 0 atom stereocenters. The van der Waals surface area contributed by atoms with E-state index in [-0.39, 0.29) is 5.78 Å². The molecule has 0 aromatic heterocycles. The minimum Gasteiger partial charge on any atom is -0.318 e. The lowest BCUT2D eigenvalue weighted by atomic mass is 10.1. The molecule has 2 aromatic rings. The first kappa shape index (κ1) is 15.7. The number of Topliss-reactive ketones (excluding diaryl/α,β-unsaturated/α-hetero) is 1. The van der Waals surface area contributed by atoms with Crippen LogP contribution in [0.5, 0.6) is 0 Å². The summed E-state index contributed by atoms with van der Waals surface area (Å²) in [5, 5.41) is 5.18. The summed E-state index contributed by atoms with van der Waals surface area (Å²) < 4.78 is 0. The predicted molar refractivity (Wildman–Crippen MR) is 85.2 cm³/mol. The van der Waals surface area contributed by atoms with E-state index in [2.05, 4.69) is 10.6 Å². The van der Waals surface area contributed by atoms with Crippen molar-refractivity contribution in [2.45, 2.75) is 6.92 Å². The van der Waals surface area contributed by atoms with Crippen molar-refractivity contribution in [1.82, 2.24) is 0 Å². The Hall–Kier alpha value is -2.66. The summed E-state index contributed by atoms with van der Waals surface area (Å²) in [6.07, 6.45) is 0. The maximum atomic E-state index is 11.9. The van der Waals surface area contributed by atoms with Crippen molar-refractivity contribution in [3.8, 4) is 0 Å². The molecule has 2 amide bonds. The number of nitrogens with one attached hydrogen (secondary N) is 2. The molecule has 0 fully saturated rings. The number of benzene rings is 2. The number of carbonyl (C=O) groups excluding carboxylic acids is 3. The number of amides is 2. The molecule has 6 heteroatoms. The Labute approximate surface area is 132 Å². The zero-order chi connectivity index (χ0) is 16.1. The smallest absolute Gasteiger partial charge is 0.314 e. The molecule has 0 aliphatic heterocycles. The van der Waals surface area contributed by atoms with Crippen molar-refractivity contribution in [3.05, 3.63) is 59.1 Å². The van der Waals surface area contributed by atoms with Crippen molar-refractivity contribution < 1.29 is 14.4 Å². The minimum absolute atomic E-state index is 0.128. The van der Waals surface area contributed by atoms with Crippen molar-refractivity contribution >= 4 is 40.6 Å². The van der Waals surface area contributed by atoms with Gasteiger partial charge in [0.2, 0.25) is 0 Å². The van der Waals surface area contributed by atoms with E-state index in [1.54, 1.807) is 42.5 Å². The molecule has 5 nitrogen and oxygen atoms in total. The molecule has 2 N–H and O–H groups in total. The number of ketones is 1. The zero-order valence-corrected chi connectivity index (χ0v) is 12.5. The molecule has 0 aliphatic rings. The first-order valence-corrected chi connectivity index (χ1v) is 6.83. The summed E-state index contributed by atoms with van der Waals surface area (Å²) >= 11 is 5.90. The molecule has 0 unspecified atom stereocenters. The van der Waals surface area contributed by atoms with Crippen LogP contribution in [0, 0.1) is 0 Å². The first-order valence-electron chi connectivity index (χ1n) is 6.45. The third-order valence-corrected chi connectivity index (χ3v) is 3.18. The van der Waals surface area contributed by atoms with E-state index in [0.29, 0.717) is 22.0 Å². The van der Waals surface area contributed by atoms with Crippen LogP contribution < -0.4 is 10.6 Å². The van der Waals surface area contributed by atoms with Crippen LogP contribution in [0.1, 0.15) is 17.3 Å². The topological polar surface area (TPSA) is 75.3 Å². The molecule has 0 heterocycles. The van der Waals surface area contributed by atoms with Gasteiger partial charge in [-0.15, -0.1) is 0 Å². The van der Waals surface area contributed by atoms with Crippen molar-refractivity contribution in [1.29, 1.82) is 0 Å². The third-order valence-electron chi connectivity index (χ3n) is 2.86. The first-order chi connectivity index (χ1) is 10.5. The van der Waals surface area contributed by atoms with Gasteiger partial charge in [0.1, 0.15) is 0 Å². The highest BCUT2D eigenvalue weighted by Gasteiger charge is 2.15. The van der Waals surface area contributed by atoms with E-state index in [0.717, 1.165) is 0 Å². The van der Waals surface area contributed by atoms with Crippen LogP contribution >= 0.6 is 11.6 Å². The van der Waals surface area contributed by atoms with Gasteiger partial charge >= 0.3 is 11.8 Å². The second-order valence-corrected chi connectivity index (χ2v) is 4.93. The van der Waals surface area contributed by atoms with Crippen LogP contribution in [0.15, 0.2) is 48.5 Å². The number of hydrogen-bond donors (Lipinski definition) is 2. The Morgan fingerprint density at radius 2 is 1.59 bits per heavy atom. The second-order valence-electron chi connectivity index (χ2n) is 4.53. The largest absolute Gasteiger partial charge is 0.318 e. The van der Waals surface area contributed by atoms with E-state index < -0.39 is 11.8 Å². The van der Waals surface area contributed by atoms with Gasteiger partial charge in [0.25, 0.3) is 0 Å². The standard InChI is InChI=1S/C16H13ClN2O3/c1-10(20)11-5-4-6-12(9-11)18-15(21)16(22)19-14-8-3-2-7-13(14)17/h2-9H,1H3,(H,18,21)(H,19,22). The summed E-state index contributed by atoms with van der Waals surface area (Å²) in [4.78, 5) is 35.0. The number of hydrogen-bond acceptors (Lipinski definition) is 3. The summed E-state index contributed by atoms with van der Waals surface area (Å²) in [5.41, 5.74) is 1.16. The minimum atomic E-state index is -0.847. The third kappa shape index (κ3) is 3.93. The highest BCUT2D eigenvalue weighted by Crippen LogP contribution is 2.20. The van der Waals surface area contributed by atoms with E-state index in [1.165, 1.54) is 13.0 Å². The number of para-hydroxylation sites is 1. The van der Waals surface area contributed by atoms with Gasteiger partial charge in [-0.1, -0.05) is 35.9 Å². The molecule has 112 valence electrons. The average Bonchev–Trinajstić information content (AvgIpc) is 2.49. The van der Waals surface area contributed by atoms with Gasteiger partial charge in [0, 0.05) is 11.3 Å². The Morgan fingerprint density at radius 3 is 2.27 bits per heavy atom. The molecule has 2 rings (SSSR count). The van der Waals surface area contributed by atoms with Crippen LogP contribution in [-0.2, 0) is 9.59 Å². The number of anilines is 2. The van der Waals surface area contributed by atoms with E-state index in [1.807, 2.05) is 0 Å². The van der Waals surface area contributed by atoms with E-state index in [9.17, 15) is 14.4 Å². The fourth-order valence-corrected chi connectivity index (χ4v) is 1.93. The predicted octanol–water partition coefficient (Wildman–Crippen LogP) is 3.12. The van der Waals surface area contributed by atoms with Gasteiger partial charge < -0.3 is 10.6 Å². The molecule has 0 spiro atoms. The van der Waals surface area contributed by atoms with Gasteiger partial charge in [-0.2, -0.15) is 0 Å². The van der Waals surface area contributed by atoms with Gasteiger partial charge in [-0.05, 0) is 31.2 Å². The summed E-state index contributed by atoms with van der Waals surface area (Å²) in [6.45, 7) is 1.42. The van der Waals surface area contributed by atoms with Gasteiger partial charge in [0.15, 0.2) is 5.78 Å². The van der Waals surface area contributed by atoms with Crippen LogP contribution in [0.25, 0.3) is 0 Å². The Balaban J connectivity index is 2.06. The number of rotatable bonds is 3. The Morgan fingerprint density at radius 1 is 0.909 bits per heavy atom.